The largest absolute Gasteiger partial charge is 0.488 e. The molecule has 0 bridgehead atoms. The molecule has 1 rings (SSSR count). The van der Waals surface area contributed by atoms with Crippen LogP contribution in [-0.2, 0) is 0 Å². The molecule has 0 aliphatic heterocycles. The molecule has 3 heteroatoms. The van der Waals surface area contributed by atoms with E-state index >= 15 is 0 Å². The Morgan fingerprint density at radius 2 is 1.94 bits per heavy atom. The zero-order chi connectivity index (χ0) is 12.3. The summed E-state index contributed by atoms with van der Waals surface area (Å²) in [4.78, 5) is 0. The highest BCUT2D eigenvalue weighted by Crippen LogP contribution is 2.36. The van der Waals surface area contributed by atoms with E-state index in [4.69, 9.17) is 10.5 Å². The molecule has 0 heterocycles. The number of nitrogen functional groups attached to an aromatic ring is 1. The summed E-state index contributed by atoms with van der Waals surface area (Å²) in [5.74, 6) is 1.27. The molecule has 0 saturated heterocycles. The van der Waals surface area contributed by atoms with E-state index in [1.54, 1.807) is 0 Å². The topological polar surface area (TPSA) is 35.2 Å². The van der Waals surface area contributed by atoms with Gasteiger partial charge in [-0.1, -0.05) is 13.8 Å². The Labute approximate surface area is 106 Å². The van der Waals surface area contributed by atoms with Crippen molar-refractivity contribution in [2.45, 2.75) is 46.1 Å². The van der Waals surface area contributed by atoms with Gasteiger partial charge in [-0.2, -0.15) is 0 Å². The molecule has 1 aromatic carbocycles. The summed E-state index contributed by atoms with van der Waals surface area (Å²) in [5.41, 5.74) is 7.97. The molecule has 0 amide bonds. The van der Waals surface area contributed by atoms with Gasteiger partial charge in [0.15, 0.2) is 5.75 Å². The maximum atomic E-state index is 6.01. The van der Waals surface area contributed by atoms with Crippen molar-refractivity contribution in [1.82, 2.24) is 0 Å². The molecule has 0 radical (unpaired) electrons. The molecule has 1 unspecified atom stereocenters. The number of hydrogen-bond acceptors (Lipinski definition) is 2. The standard InChI is InChI=1S/C13H20BrNO/c1-5-9(4)10-6-11(14)13(12(15)7-10)16-8(2)3/h6-9H,5,15H2,1-4H3. The first kappa shape index (κ1) is 13.4. The van der Waals surface area contributed by atoms with E-state index in [1.807, 2.05) is 19.9 Å². The molecule has 2 N–H and O–H groups in total. The van der Waals surface area contributed by atoms with E-state index in [9.17, 15) is 0 Å². The molecule has 0 aliphatic rings. The van der Waals surface area contributed by atoms with Gasteiger partial charge in [0.25, 0.3) is 0 Å². The lowest BCUT2D eigenvalue weighted by atomic mass is 9.98. The minimum atomic E-state index is 0.132. The first-order chi connectivity index (χ1) is 7.45. The van der Waals surface area contributed by atoms with Crippen LogP contribution in [0.3, 0.4) is 0 Å². The van der Waals surface area contributed by atoms with Crippen molar-refractivity contribution in [3.05, 3.63) is 22.2 Å². The minimum Gasteiger partial charge on any atom is -0.488 e. The van der Waals surface area contributed by atoms with Crippen LogP contribution in [0.5, 0.6) is 5.75 Å². The summed E-state index contributed by atoms with van der Waals surface area (Å²) in [6.07, 6.45) is 1.24. The van der Waals surface area contributed by atoms with Crippen molar-refractivity contribution in [2.24, 2.45) is 0 Å². The number of ether oxygens (including phenoxy) is 1. The molecule has 0 aliphatic carbocycles. The first-order valence-electron chi connectivity index (χ1n) is 5.71. The average molecular weight is 286 g/mol. The highest BCUT2D eigenvalue weighted by atomic mass is 79.9. The molecule has 0 saturated carbocycles. The molecule has 1 aromatic rings. The highest BCUT2D eigenvalue weighted by Gasteiger charge is 2.12. The summed E-state index contributed by atoms with van der Waals surface area (Å²) in [7, 11) is 0. The van der Waals surface area contributed by atoms with Crippen molar-refractivity contribution in [2.75, 3.05) is 5.73 Å². The number of rotatable bonds is 4. The van der Waals surface area contributed by atoms with Gasteiger partial charge in [0.1, 0.15) is 0 Å². The fraction of sp³-hybridized carbons (Fsp3) is 0.538. The third-order valence-corrected chi connectivity index (χ3v) is 3.22. The molecular formula is C13H20BrNO. The quantitative estimate of drug-likeness (QED) is 0.836. The Kier molecular flexibility index (Phi) is 4.66. The van der Waals surface area contributed by atoms with Crippen LogP contribution in [-0.4, -0.2) is 6.10 Å². The van der Waals surface area contributed by atoms with E-state index in [1.165, 1.54) is 5.56 Å². The van der Waals surface area contributed by atoms with E-state index in [2.05, 4.69) is 35.8 Å². The molecule has 0 aromatic heterocycles. The lowest BCUT2D eigenvalue weighted by Gasteiger charge is -2.17. The number of halogens is 1. The maximum absolute atomic E-state index is 6.01. The van der Waals surface area contributed by atoms with Crippen LogP contribution in [0.1, 0.15) is 45.6 Å². The van der Waals surface area contributed by atoms with Crippen LogP contribution >= 0.6 is 15.9 Å². The van der Waals surface area contributed by atoms with E-state index in [0.717, 1.165) is 16.6 Å². The Balaban J connectivity index is 3.07. The normalized spacial score (nSPS) is 12.9. The van der Waals surface area contributed by atoms with Crippen LogP contribution in [0, 0.1) is 0 Å². The second kappa shape index (κ2) is 5.58. The van der Waals surface area contributed by atoms with Crippen LogP contribution in [0.25, 0.3) is 0 Å². The number of benzene rings is 1. The predicted molar refractivity (Wildman–Crippen MR) is 73.0 cm³/mol. The van der Waals surface area contributed by atoms with Gasteiger partial charge in [0, 0.05) is 0 Å². The van der Waals surface area contributed by atoms with Crippen molar-refractivity contribution >= 4 is 21.6 Å². The van der Waals surface area contributed by atoms with Crippen LogP contribution in [0.15, 0.2) is 16.6 Å². The van der Waals surface area contributed by atoms with Crippen molar-refractivity contribution in [3.8, 4) is 5.75 Å². The van der Waals surface area contributed by atoms with Crippen LogP contribution < -0.4 is 10.5 Å². The molecule has 16 heavy (non-hydrogen) atoms. The van der Waals surface area contributed by atoms with Gasteiger partial charge in [-0.05, 0) is 59.8 Å². The molecule has 0 spiro atoms. The summed E-state index contributed by atoms with van der Waals surface area (Å²) < 4.78 is 6.61. The second-order valence-electron chi connectivity index (χ2n) is 4.40. The average Bonchev–Trinajstić information content (AvgIpc) is 2.21. The number of nitrogens with two attached hydrogens (primary N) is 1. The molecular weight excluding hydrogens is 266 g/mol. The zero-order valence-electron chi connectivity index (χ0n) is 10.4. The van der Waals surface area contributed by atoms with Crippen LogP contribution in [0.4, 0.5) is 5.69 Å². The van der Waals surface area contributed by atoms with Crippen molar-refractivity contribution in [1.29, 1.82) is 0 Å². The molecule has 0 fully saturated rings. The first-order valence-corrected chi connectivity index (χ1v) is 6.50. The summed E-state index contributed by atoms with van der Waals surface area (Å²) in [6.45, 7) is 8.36. The monoisotopic (exact) mass is 285 g/mol. The van der Waals surface area contributed by atoms with Gasteiger partial charge < -0.3 is 10.5 Å². The zero-order valence-corrected chi connectivity index (χ0v) is 12.0. The van der Waals surface area contributed by atoms with Gasteiger partial charge in [0.2, 0.25) is 0 Å². The lowest BCUT2D eigenvalue weighted by molar-refractivity contribution is 0.242. The lowest BCUT2D eigenvalue weighted by Crippen LogP contribution is -2.08. The summed E-state index contributed by atoms with van der Waals surface area (Å²) >= 11 is 3.52. The Morgan fingerprint density at radius 1 is 1.31 bits per heavy atom. The minimum absolute atomic E-state index is 0.132. The maximum Gasteiger partial charge on any atom is 0.156 e. The Bertz CT molecular complexity index is 340. The van der Waals surface area contributed by atoms with E-state index in [-0.39, 0.29) is 6.10 Å². The summed E-state index contributed by atoms with van der Waals surface area (Å²) in [5, 5.41) is 0. The number of anilines is 1. The third-order valence-electron chi connectivity index (χ3n) is 2.63. The van der Waals surface area contributed by atoms with Crippen LogP contribution in [0.2, 0.25) is 0 Å². The van der Waals surface area contributed by atoms with Crippen molar-refractivity contribution in [3.63, 3.8) is 0 Å². The Hall–Kier alpha value is -0.700. The highest BCUT2D eigenvalue weighted by molar-refractivity contribution is 9.10. The Morgan fingerprint density at radius 3 is 2.38 bits per heavy atom. The molecule has 1 atom stereocenters. The number of hydrogen-bond donors (Lipinski definition) is 1. The smallest absolute Gasteiger partial charge is 0.156 e. The fourth-order valence-electron chi connectivity index (χ4n) is 1.52. The van der Waals surface area contributed by atoms with E-state index < -0.39 is 0 Å². The van der Waals surface area contributed by atoms with Gasteiger partial charge in [-0.3, -0.25) is 0 Å². The SMILES string of the molecule is CCC(C)c1cc(N)c(OC(C)C)c(Br)c1. The van der Waals surface area contributed by atoms with Gasteiger partial charge in [-0.15, -0.1) is 0 Å². The third kappa shape index (κ3) is 3.14. The predicted octanol–water partition coefficient (Wildman–Crippen LogP) is 4.33. The molecule has 90 valence electrons. The fourth-order valence-corrected chi connectivity index (χ4v) is 2.10. The van der Waals surface area contributed by atoms with Crippen molar-refractivity contribution < 1.29 is 4.74 Å². The second-order valence-corrected chi connectivity index (χ2v) is 5.25. The van der Waals surface area contributed by atoms with Gasteiger partial charge in [-0.25, -0.2) is 0 Å². The van der Waals surface area contributed by atoms with Gasteiger partial charge in [0.05, 0.1) is 16.3 Å². The molecule has 2 nitrogen and oxygen atoms in total. The van der Waals surface area contributed by atoms with Gasteiger partial charge >= 0.3 is 0 Å². The van der Waals surface area contributed by atoms with E-state index in [0.29, 0.717) is 11.6 Å². The summed E-state index contributed by atoms with van der Waals surface area (Å²) in [6, 6.07) is 4.11.